The second-order valence-corrected chi connectivity index (χ2v) is 32.2. The highest BCUT2D eigenvalue weighted by atomic mass is 79.9. The first-order valence-corrected chi connectivity index (χ1v) is 41.7. The number of nitrogens with zero attached hydrogens (tertiary/aromatic N) is 11. The molecule has 0 bridgehead atoms. The third-order valence-electron chi connectivity index (χ3n) is 21.9. The van der Waals surface area contributed by atoms with Crippen molar-refractivity contribution in [2.75, 3.05) is 0 Å². The molecular weight excluding hydrogens is 1560 g/mol. The average Bonchev–Trinajstić information content (AvgIpc) is 1.56. The van der Waals surface area contributed by atoms with Crippen LogP contribution in [0.15, 0.2) is 393 Å². The van der Waals surface area contributed by atoms with Crippen LogP contribution in [0, 0.1) is 0 Å². The van der Waals surface area contributed by atoms with Crippen LogP contribution >= 0.6 is 38.6 Å². The molecule has 8 aromatic heterocycles. The number of aromatic nitrogens is 12. The minimum absolute atomic E-state index is 0.646. The van der Waals surface area contributed by atoms with Gasteiger partial charge in [0.1, 0.15) is 11.6 Å². The first-order valence-electron chi connectivity index (χ1n) is 39.3. The van der Waals surface area contributed by atoms with E-state index in [2.05, 4.69) is 258 Å². The summed E-state index contributed by atoms with van der Waals surface area (Å²) in [6, 6.07) is 135. The van der Waals surface area contributed by atoms with Crippen LogP contribution in [0.1, 0.15) is 0 Å². The van der Waals surface area contributed by atoms with E-state index in [4.69, 9.17) is 34.9 Å². The number of hydrogen-bond acceptors (Lipinski definition) is 10. The Morgan fingerprint density at radius 1 is 0.235 bits per heavy atom. The van der Waals surface area contributed by atoms with Gasteiger partial charge in [-0.2, -0.15) is 0 Å². The van der Waals surface area contributed by atoms with Gasteiger partial charge in [0.15, 0.2) is 34.9 Å². The van der Waals surface area contributed by atoms with Crippen LogP contribution in [-0.4, -0.2) is 58.6 Å². The summed E-state index contributed by atoms with van der Waals surface area (Å²) in [7, 11) is 0. The molecule has 12 nitrogen and oxygen atoms in total. The zero-order chi connectivity index (χ0) is 78.9. The average molecular weight is 1630 g/mol. The smallest absolute Gasteiger partial charge is 0.164 e. The molecule has 560 valence electrons. The molecular formula is C104H65BrN12S2. The number of rotatable bonds is 11. The number of H-pyrrole nitrogens is 1. The Morgan fingerprint density at radius 2 is 0.613 bits per heavy atom. The summed E-state index contributed by atoms with van der Waals surface area (Å²) in [5.74, 6) is 5.78. The second kappa shape index (κ2) is 30.0. The lowest BCUT2D eigenvalue weighted by atomic mass is 10.1. The van der Waals surface area contributed by atoms with E-state index in [-0.39, 0.29) is 0 Å². The molecule has 119 heavy (non-hydrogen) atoms. The maximum Gasteiger partial charge on any atom is 0.164 e. The highest BCUT2D eigenvalue weighted by Crippen LogP contribution is 2.48. The molecule has 0 spiro atoms. The molecule has 0 radical (unpaired) electrons. The van der Waals surface area contributed by atoms with Crippen molar-refractivity contribution in [1.82, 2.24) is 58.6 Å². The SMILES string of the molecule is Brc1ccc2c(c1)c1ccc3c4cc(-c5nc(-c6ccccc6)nc(-c6ccccc6)n5)ccc4sc3c1n2-c1ccccc1.c1ccc(-c2nc(-c3ccccc3)nc(-c3ccc4sc5c(ccc6c7cc(-n8c(-c9ccccc9)nc9ccccc98)ccc7n(-c7ccccc7)c65)c4c3)n2)cc1.c1ccc(-c2nc3ccccc3[nH]2)cc1. The Kier molecular flexibility index (Phi) is 17.8. The van der Waals surface area contributed by atoms with E-state index < -0.39 is 0 Å². The van der Waals surface area contributed by atoms with E-state index >= 15 is 0 Å². The Hall–Kier alpha value is -15.0. The van der Waals surface area contributed by atoms with E-state index in [0.29, 0.717) is 34.9 Å². The van der Waals surface area contributed by atoms with E-state index in [9.17, 15) is 0 Å². The van der Waals surface area contributed by atoms with Gasteiger partial charge in [0.25, 0.3) is 0 Å². The normalized spacial score (nSPS) is 11.6. The Morgan fingerprint density at radius 3 is 1.08 bits per heavy atom. The fraction of sp³-hybridized carbons (Fsp3) is 0. The summed E-state index contributed by atoms with van der Waals surface area (Å²) < 4.78 is 13.1. The molecule has 0 saturated carbocycles. The standard InChI is InChI=1S/C52H32N6S.C39H23BrN4S.C13H10N2/c1-5-15-33(16-6-1)49-54-50(34-17-7-2-8-18-34)56-51(55-49)36-25-30-46-42(31-36)40-28-27-39-41-32-38(26-29-44(41)57(47(39)48(40)59-46)37-21-11-4-12-22-37)58-45-24-14-13-23-43(45)53-52(58)35-19-9-3-10-20-35;40-27-17-20-33-31(23-27)29-18-19-30-32-22-26(16-21-34(32)45-36(30)35(29)44(33)28-14-8-3-9-15-28)39-42-37(24-10-4-1-5-11-24)41-38(43-39)25-12-6-2-7-13-25;1-2-6-10(7-3-1)13-14-11-8-4-5-9-12(11)15-13/h1-32H;1-23H;1-9H,(H,14,15). The zero-order valence-corrected chi connectivity index (χ0v) is 66.8. The van der Waals surface area contributed by atoms with Crippen molar-refractivity contribution in [1.29, 1.82) is 0 Å². The van der Waals surface area contributed by atoms with E-state index in [1.54, 1.807) is 0 Å². The van der Waals surface area contributed by atoms with Crippen LogP contribution in [0.25, 0.3) is 214 Å². The summed E-state index contributed by atoms with van der Waals surface area (Å²) in [5.41, 5.74) is 20.2. The molecule has 16 aromatic carbocycles. The highest BCUT2D eigenvalue weighted by molar-refractivity contribution is 9.10. The van der Waals surface area contributed by atoms with Crippen molar-refractivity contribution in [3.05, 3.63) is 393 Å². The van der Waals surface area contributed by atoms with Crippen molar-refractivity contribution >= 4 is 145 Å². The topological polar surface area (TPSA) is 134 Å². The number of halogens is 1. The van der Waals surface area contributed by atoms with Gasteiger partial charge in [0.05, 0.1) is 53.5 Å². The number of aromatic amines is 1. The van der Waals surface area contributed by atoms with Crippen molar-refractivity contribution < 1.29 is 0 Å². The van der Waals surface area contributed by atoms with E-state index in [1.807, 2.05) is 193 Å². The molecule has 0 amide bonds. The van der Waals surface area contributed by atoms with Crippen molar-refractivity contribution in [2.24, 2.45) is 0 Å². The third-order valence-corrected chi connectivity index (χ3v) is 24.8. The number of thiophene rings is 2. The molecule has 0 aliphatic heterocycles. The van der Waals surface area contributed by atoms with Gasteiger partial charge >= 0.3 is 0 Å². The molecule has 0 atom stereocenters. The highest BCUT2D eigenvalue weighted by Gasteiger charge is 2.25. The fourth-order valence-corrected chi connectivity index (χ4v) is 19.2. The summed E-state index contributed by atoms with van der Waals surface area (Å²) in [4.78, 5) is 42.8. The van der Waals surface area contributed by atoms with Gasteiger partial charge in [-0.25, -0.2) is 39.9 Å². The first-order chi connectivity index (χ1) is 58.9. The summed E-state index contributed by atoms with van der Waals surface area (Å²) in [5, 5.41) is 9.66. The lowest BCUT2D eigenvalue weighted by Gasteiger charge is -2.11. The van der Waals surface area contributed by atoms with Gasteiger partial charge in [-0.1, -0.05) is 283 Å². The predicted molar refractivity (Wildman–Crippen MR) is 496 cm³/mol. The van der Waals surface area contributed by atoms with Crippen LogP contribution in [0.2, 0.25) is 0 Å². The van der Waals surface area contributed by atoms with Gasteiger partial charge in [0, 0.05) is 119 Å². The first kappa shape index (κ1) is 70.6. The van der Waals surface area contributed by atoms with Gasteiger partial charge in [-0.15, -0.1) is 22.7 Å². The van der Waals surface area contributed by atoms with Crippen LogP contribution in [0.5, 0.6) is 0 Å². The van der Waals surface area contributed by atoms with E-state index in [1.165, 1.54) is 78.4 Å². The molecule has 0 unspecified atom stereocenters. The Labute approximate surface area is 698 Å². The maximum absolute atomic E-state index is 5.14. The molecule has 1 N–H and O–H groups in total. The van der Waals surface area contributed by atoms with Gasteiger partial charge < -0.3 is 14.1 Å². The fourth-order valence-electron chi connectivity index (χ4n) is 16.4. The van der Waals surface area contributed by atoms with Crippen molar-refractivity contribution in [2.45, 2.75) is 0 Å². The zero-order valence-electron chi connectivity index (χ0n) is 63.6. The molecule has 24 rings (SSSR count). The van der Waals surface area contributed by atoms with Crippen molar-refractivity contribution in [3.8, 4) is 108 Å². The predicted octanol–water partition coefficient (Wildman–Crippen LogP) is 27.7. The molecule has 15 heteroatoms. The lowest BCUT2D eigenvalue weighted by Crippen LogP contribution is -2.00. The minimum Gasteiger partial charge on any atom is -0.338 e. The monoisotopic (exact) mass is 1620 g/mol. The maximum atomic E-state index is 5.14. The van der Waals surface area contributed by atoms with Crippen LogP contribution in [0.3, 0.4) is 0 Å². The van der Waals surface area contributed by atoms with Crippen LogP contribution < -0.4 is 0 Å². The minimum atomic E-state index is 0.646. The Balaban J connectivity index is 0.000000125. The molecule has 24 aromatic rings. The number of nitrogens with one attached hydrogen (secondary N) is 1. The lowest BCUT2D eigenvalue weighted by molar-refractivity contribution is 1.07. The van der Waals surface area contributed by atoms with Crippen molar-refractivity contribution in [3.63, 3.8) is 0 Å². The summed E-state index contributed by atoms with van der Waals surface area (Å²) in [6.07, 6.45) is 0. The second-order valence-electron chi connectivity index (χ2n) is 29.2. The van der Waals surface area contributed by atoms with Crippen LogP contribution in [-0.2, 0) is 0 Å². The molecule has 0 saturated heterocycles. The Bertz CT molecular complexity index is 7820. The number of imidazole rings is 2. The van der Waals surface area contributed by atoms with Crippen LogP contribution in [0.4, 0.5) is 0 Å². The van der Waals surface area contributed by atoms with Gasteiger partial charge in [-0.05, 0) is 121 Å². The number of fused-ring (bicyclic) bond motifs is 16. The quantitative estimate of drug-likeness (QED) is 0.135. The molecule has 0 fully saturated rings. The van der Waals surface area contributed by atoms with Gasteiger partial charge in [-0.3, -0.25) is 4.57 Å². The number of hydrogen-bond donors (Lipinski definition) is 1. The summed E-state index contributed by atoms with van der Waals surface area (Å²) in [6.45, 7) is 0. The molecule has 8 heterocycles. The largest absolute Gasteiger partial charge is 0.338 e. The molecule has 0 aliphatic carbocycles. The third kappa shape index (κ3) is 12.9. The number of para-hydroxylation sites is 6. The molecule has 0 aliphatic rings. The van der Waals surface area contributed by atoms with E-state index in [0.717, 1.165) is 105 Å². The number of benzene rings is 16. The summed E-state index contributed by atoms with van der Waals surface area (Å²) >= 11 is 7.38. The van der Waals surface area contributed by atoms with Gasteiger partial charge in [0.2, 0.25) is 0 Å².